The van der Waals surface area contributed by atoms with Gasteiger partial charge >= 0.3 is 0 Å². The van der Waals surface area contributed by atoms with Gasteiger partial charge in [0.1, 0.15) is 12.4 Å². The van der Waals surface area contributed by atoms with Gasteiger partial charge in [-0.15, -0.1) is 0 Å². The molecule has 1 unspecified atom stereocenters. The van der Waals surface area contributed by atoms with Crippen LogP contribution >= 0.6 is 15.9 Å². The quantitative estimate of drug-likeness (QED) is 0.750. The van der Waals surface area contributed by atoms with Crippen molar-refractivity contribution in [2.75, 3.05) is 13.2 Å². The van der Waals surface area contributed by atoms with E-state index >= 15 is 0 Å². The number of ether oxygens (including phenoxy) is 1. The lowest BCUT2D eigenvalue weighted by molar-refractivity contribution is 0.344. The van der Waals surface area contributed by atoms with Crippen molar-refractivity contribution in [3.05, 3.63) is 40.4 Å². The van der Waals surface area contributed by atoms with Crippen LogP contribution in [-0.4, -0.2) is 13.2 Å². The zero-order valence-corrected chi connectivity index (χ0v) is 13.0. The first kappa shape index (κ1) is 15.3. The van der Waals surface area contributed by atoms with Crippen LogP contribution in [0.15, 0.2) is 34.8 Å². The molecule has 1 N–H and O–H groups in total. The van der Waals surface area contributed by atoms with Crippen LogP contribution in [0.4, 0.5) is 0 Å². The zero-order chi connectivity index (χ0) is 13.5. The Balaban J connectivity index is 2.84. The third kappa shape index (κ3) is 4.83. The molecule has 1 aromatic rings. The van der Waals surface area contributed by atoms with Gasteiger partial charge in [0.05, 0.1) is 0 Å². The summed E-state index contributed by atoms with van der Waals surface area (Å²) in [4.78, 5) is 0. The second kappa shape index (κ2) is 7.59. The van der Waals surface area contributed by atoms with E-state index in [2.05, 4.69) is 47.7 Å². The molecular weight excluding hydrogens is 290 g/mol. The SMILES string of the molecule is C=C(C)COc1cc(Br)ccc1C(C)NCCC. The lowest BCUT2D eigenvalue weighted by Crippen LogP contribution is -2.20. The summed E-state index contributed by atoms with van der Waals surface area (Å²) in [5.74, 6) is 0.920. The van der Waals surface area contributed by atoms with Gasteiger partial charge < -0.3 is 10.1 Å². The molecular formula is C15H22BrNO. The minimum atomic E-state index is 0.290. The first-order chi connectivity index (χ1) is 8.54. The Labute approximate surface area is 119 Å². The van der Waals surface area contributed by atoms with Crippen LogP contribution in [0.5, 0.6) is 5.75 Å². The molecule has 1 rings (SSSR count). The minimum absolute atomic E-state index is 0.290. The largest absolute Gasteiger partial charge is 0.489 e. The summed E-state index contributed by atoms with van der Waals surface area (Å²) < 4.78 is 6.84. The second-order valence-electron chi connectivity index (χ2n) is 4.60. The van der Waals surface area contributed by atoms with Crippen molar-refractivity contribution in [2.45, 2.75) is 33.2 Å². The lowest BCUT2D eigenvalue weighted by Gasteiger charge is -2.18. The van der Waals surface area contributed by atoms with Gasteiger partial charge in [0.25, 0.3) is 0 Å². The highest BCUT2D eigenvalue weighted by Crippen LogP contribution is 2.29. The number of hydrogen-bond acceptors (Lipinski definition) is 2. The van der Waals surface area contributed by atoms with Crippen LogP contribution in [0.25, 0.3) is 0 Å². The highest BCUT2D eigenvalue weighted by atomic mass is 79.9. The van der Waals surface area contributed by atoms with Gasteiger partial charge in [0.2, 0.25) is 0 Å². The Hall–Kier alpha value is -0.800. The minimum Gasteiger partial charge on any atom is -0.489 e. The smallest absolute Gasteiger partial charge is 0.125 e. The molecule has 0 aliphatic heterocycles. The third-order valence-corrected chi connectivity index (χ3v) is 3.11. The van der Waals surface area contributed by atoms with Crippen LogP contribution in [-0.2, 0) is 0 Å². The molecule has 3 heteroatoms. The molecule has 2 nitrogen and oxygen atoms in total. The van der Waals surface area contributed by atoms with Crippen molar-refractivity contribution in [1.29, 1.82) is 0 Å². The summed E-state index contributed by atoms with van der Waals surface area (Å²) in [6.45, 7) is 11.7. The number of benzene rings is 1. The van der Waals surface area contributed by atoms with E-state index in [1.165, 1.54) is 5.56 Å². The fourth-order valence-corrected chi connectivity index (χ4v) is 2.00. The highest BCUT2D eigenvalue weighted by Gasteiger charge is 2.11. The molecule has 0 aromatic heterocycles. The van der Waals surface area contributed by atoms with Crippen LogP contribution in [0, 0.1) is 0 Å². The van der Waals surface area contributed by atoms with Gasteiger partial charge in [-0.1, -0.05) is 35.5 Å². The Kier molecular flexibility index (Phi) is 6.44. The van der Waals surface area contributed by atoms with Crippen LogP contribution in [0.3, 0.4) is 0 Å². The fourth-order valence-electron chi connectivity index (χ4n) is 1.66. The maximum Gasteiger partial charge on any atom is 0.125 e. The summed E-state index contributed by atoms with van der Waals surface area (Å²) in [5.41, 5.74) is 2.21. The normalized spacial score (nSPS) is 12.2. The average molecular weight is 312 g/mol. The van der Waals surface area contributed by atoms with E-state index in [1.54, 1.807) is 0 Å². The predicted octanol–water partition coefficient (Wildman–Crippen LogP) is 4.46. The molecule has 100 valence electrons. The van der Waals surface area contributed by atoms with E-state index in [0.717, 1.165) is 28.8 Å². The number of halogens is 1. The predicted molar refractivity (Wildman–Crippen MR) is 81.2 cm³/mol. The van der Waals surface area contributed by atoms with E-state index < -0.39 is 0 Å². The maximum absolute atomic E-state index is 5.81. The standard InChI is InChI=1S/C15H22BrNO/c1-5-8-17-12(4)14-7-6-13(16)9-15(14)18-10-11(2)3/h6-7,9,12,17H,2,5,8,10H2,1,3-4H3. The Morgan fingerprint density at radius 1 is 1.50 bits per heavy atom. The van der Waals surface area contributed by atoms with E-state index in [-0.39, 0.29) is 6.04 Å². The second-order valence-corrected chi connectivity index (χ2v) is 5.52. The first-order valence-corrected chi connectivity index (χ1v) is 7.14. The van der Waals surface area contributed by atoms with Crippen molar-refractivity contribution >= 4 is 15.9 Å². The molecule has 0 amide bonds. The van der Waals surface area contributed by atoms with Gasteiger partial charge in [-0.2, -0.15) is 0 Å². The van der Waals surface area contributed by atoms with Crippen LogP contribution < -0.4 is 10.1 Å². The molecule has 18 heavy (non-hydrogen) atoms. The van der Waals surface area contributed by atoms with Gasteiger partial charge in [-0.25, -0.2) is 0 Å². The van der Waals surface area contributed by atoms with E-state index in [1.807, 2.05) is 19.1 Å². The average Bonchev–Trinajstić information content (AvgIpc) is 2.33. The van der Waals surface area contributed by atoms with E-state index in [4.69, 9.17) is 4.74 Å². The van der Waals surface area contributed by atoms with E-state index in [9.17, 15) is 0 Å². The molecule has 0 saturated carbocycles. The molecule has 0 radical (unpaired) electrons. The van der Waals surface area contributed by atoms with E-state index in [0.29, 0.717) is 6.61 Å². The Bertz CT molecular complexity index is 403. The molecule has 0 spiro atoms. The Morgan fingerprint density at radius 3 is 2.83 bits per heavy atom. The monoisotopic (exact) mass is 311 g/mol. The van der Waals surface area contributed by atoms with Crippen LogP contribution in [0.1, 0.15) is 38.8 Å². The van der Waals surface area contributed by atoms with Crippen LogP contribution in [0.2, 0.25) is 0 Å². The van der Waals surface area contributed by atoms with Crippen molar-refractivity contribution in [3.63, 3.8) is 0 Å². The molecule has 0 aliphatic carbocycles. The van der Waals surface area contributed by atoms with Gasteiger partial charge in [0, 0.05) is 16.1 Å². The molecule has 0 fully saturated rings. The van der Waals surface area contributed by atoms with Gasteiger partial charge in [-0.05, 0) is 44.5 Å². The van der Waals surface area contributed by atoms with Crippen molar-refractivity contribution in [3.8, 4) is 5.75 Å². The number of nitrogens with one attached hydrogen (secondary N) is 1. The molecule has 1 aromatic carbocycles. The molecule has 1 atom stereocenters. The molecule has 0 saturated heterocycles. The number of rotatable bonds is 7. The topological polar surface area (TPSA) is 21.3 Å². The molecule has 0 heterocycles. The van der Waals surface area contributed by atoms with Gasteiger partial charge in [0.15, 0.2) is 0 Å². The van der Waals surface area contributed by atoms with Crippen molar-refractivity contribution in [2.24, 2.45) is 0 Å². The van der Waals surface area contributed by atoms with Gasteiger partial charge in [-0.3, -0.25) is 0 Å². The lowest BCUT2D eigenvalue weighted by atomic mass is 10.1. The van der Waals surface area contributed by atoms with Crippen molar-refractivity contribution in [1.82, 2.24) is 5.32 Å². The summed E-state index contributed by atoms with van der Waals surface area (Å²) in [6.07, 6.45) is 1.13. The highest BCUT2D eigenvalue weighted by molar-refractivity contribution is 9.10. The molecule has 0 aliphatic rings. The Morgan fingerprint density at radius 2 is 2.22 bits per heavy atom. The van der Waals surface area contributed by atoms with Crippen molar-refractivity contribution < 1.29 is 4.74 Å². The summed E-state index contributed by atoms with van der Waals surface area (Å²) >= 11 is 3.48. The summed E-state index contributed by atoms with van der Waals surface area (Å²) in [7, 11) is 0. The first-order valence-electron chi connectivity index (χ1n) is 6.34. The number of hydrogen-bond donors (Lipinski definition) is 1. The zero-order valence-electron chi connectivity index (χ0n) is 11.4. The summed E-state index contributed by atoms with van der Waals surface area (Å²) in [6, 6.07) is 6.46. The third-order valence-electron chi connectivity index (χ3n) is 2.62. The summed E-state index contributed by atoms with van der Waals surface area (Å²) in [5, 5.41) is 3.48. The maximum atomic E-state index is 5.81. The fraction of sp³-hybridized carbons (Fsp3) is 0.467. The molecule has 0 bridgehead atoms.